The maximum Gasteiger partial charge on any atom is 0.302 e. The molecule has 0 aromatic carbocycles. The standard InChI is InChI=1S/C9H18O3.C2H6O2/c1-4-5-6-11-7-8(2)12-9(3)10;3-1-2-4/h8H,4-7H2,1-3H3;3-4H,1-2H2. The van der Waals surface area contributed by atoms with Crippen LogP contribution in [-0.2, 0) is 14.3 Å². The normalized spacial score (nSPS) is 11.3. The van der Waals surface area contributed by atoms with Crippen LogP contribution in [0.3, 0.4) is 0 Å². The molecule has 0 fully saturated rings. The number of rotatable bonds is 7. The highest BCUT2D eigenvalue weighted by atomic mass is 16.6. The molecule has 1 unspecified atom stereocenters. The molecule has 2 N–H and O–H groups in total. The molecule has 0 bridgehead atoms. The first-order chi connectivity index (χ1) is 7.58. The van der Waals surface area contributed by atoms with Crippen molar-refractivity contribution in [3.63, 3.8) is 0 Å². The molecule has 5 nitrogen and oxygen atoms in total. The Morgan fingerprint density at radius 2 is 1.88 bits per heavy atom. The molecule has 0 aliphatic carbocycles. The molecule has 0 radical (unpaired) electrons. The number of carbonyl (C=O) groups is 1. The lowest BCUT2D eigenvalue weighted by Gasteiger charge is -2.11. The fourth-order valence-electron chi connectivity index (χ4n) is 0.813. The zero-order valence-electron chi connectivity index (χ0n) is 10.4. The molecule has 98 valence electrons. The molecule has 0 spiro atoms. The van der Waals surface area contributed by atoms with E-state index < -0.39 is 0 Å². The summed E-state index contributed by atoms with van der Waals surface area (Å²) in [5, 5.41) is 15.2. The number of hydrogen-bond donors (Lipinski definition) is 2. The molecule has 0 saturated heterocycles. The Balaban J connectivity index is 0. The lowest BCUT2D eigenvalue weighted by molar-refractivity contribution is -0.148. The molecule has 0 aliphatic heterocycles. The largest absolute Gasteiger partial charge is 0.460 e. The Kier molecular flexibility index (Phi) is 15.9. The molecular formula is C11H24O5. The lowest BCUT2D eigenvalue weighted by Crippen LogP contribution is -2.18. The number of esters is 1. The second kappa shape index (κ2) is 14.3. The van der Waals surface area contributed by atoms with Gasteiger partial charge in [-0.1, -0.05) is 13.3 Å². The van der Waals surface area contributed by atoms with E-state index in [0.717, 1.165) is 19.4 Å². The van der Waals surface area contributed by atoms with Crippen LogP contribution in [0.1, 0.15) is 33.6 Å². The first kappa shape index (κ1) is 17.7. The highest BCUT2D eigenvalue weighted by Crippen LogP contribution is 1.94. The molecule has 16 heavy (non-hydrogen) atoms. The number of ether oxygens (including phenoxy) is 2. The van der Waals surface area contributed by atoms with Crippen LogP contribution in [0, 0.1) is 0 Å². The van der Waals surface area contributed by atoms with Crippen LogP contribution in [0.4, 0.5) is 0 Å². The van der Waals surface area contributed by atoms with Crippen molar-refractivity contribution in [3.05, 3.63) is 0 Å². The third kappa shape index (κ3) is 19.0. The van der Waals surface area contributed by atoms with Gasteiger partial charge >= 0.3 is 5.97 Å². The predicted octanol–water partition coefficient (Wildman–Crippen LogP) is 0.726. The molecule has 0 rings (SSSR count). The molecule has 5 heteroatoms. The number of aliphatic hydroxyl groups excluding tert-OH is 2. The van der Waals surface area contributed by atoms with Gasteiger partial charge in [0.25, 0.3) is 0 Å². The van der Waals surface area contributed by atoms with Gasteiger partial charge in [0.1, 0.15) is 6.10 Å². The monoisotopic (exact) mass is 236 g/mol. The van der Waals surface area contributed by atoms with Crippen LogP contribution >= 0.6 is 0 Å². The predicted molar refractivity (Wildman–Crippen MR) is 61.1 cm³/mol. The summed E-state index contributed by atoms with van der Waals surface area (Å²) in [5.74, 6) is -0.249. The summed E-state index contributed by atoms with van der Waals surface area (Å²) in [7, 11) is 0. The fraction of sp³-hybridized carbons (Fsp3) is 0.909. The Bertz CT molecular complexity index is 147. The second-order valence-electron chi connectivity index (χ2n) is 3.30. The van der Waals surface area contributed by atoms with E-state index in [9.17, 15) is 4.79 Å². The van der Waals surface area contributed by atoms with Crippen molar-refractivity contribution in [2.24, 2.45) is 0 Å². The topological polar surface area (TPSA) is 76.0 Å². The van der Waals surface area contributed by atoms with Gasteiger partial charge in [-0.3, -0.25) is 4.79 Å². The minimum Gasteiger partial charge on any atom is -0.460 e. The Labute approximate surface area is 97.4 Å². The minimum atomic E-state index is -0.249. The average molecular weight is 236 g/mol. The second-order valence-corrected chi connectivity index (χ2v) is 3.30. The van der Waals surface area contributed by atoms with Gasteiger partial charge in [-0.2, -0.15) is 0 Å². The van der Waals surface area contributed by atoms with Gasteiger partial charge in [-0.25, -0.2) is 0 Å². The average Bonchev–Trinajstić information content (AvgIpc) is 2.24. The zero-order valence-corrected chi connectivity index (χ0v) is 10.4. The lowest BCUT2D eigenvalue weighted by atomic mass is 10.3. The van der Waals surface area contributed by atoms with Crippen LogP contribution in [0.15, 0.2) is 0 Å². The Hall–Kier alpha value is -0.650. The number of hydrogen-bond acceptors (Lipinski definition) is 5. The molecule has 0 saturated carbocycles. The third-order valence-corrected chi connectivity index (χ3v) is 1.46. The van der Waals surface area contributed by atoms with E-state index in [1.54, 1.807) is 0 Å². The van der Waals surface area contributed by atoms with Crippen molar-refractivity contribution in [1.29, 1.82) is 0 Å². The van der Waals surface area contributed by atoms with Gasteiger partial charge in [0.2, 0.25) is 0 Å². The van der Waals surface area contributed by atoms with Crippen molar-refractivity contribution in [1.82, 2.24) is 0 Å². The molecule has 0 aliphatic rings. The summed E-state index contributed by atoms with van der Waals surface area (Å²) in [6.07, 6.45) is 2.06. The van der Waals surface area contributed by atoms with Crippen LogP contribution in [0.2, 0.25) is 0 Å². The third-order valence-electron chi connectivity index (χ3n) is 1.46. The van der Waals surface area contributed by atoms with Crippen molar-refractivity contribution < 1.29 is 24.5 Å². The van der Waals surface area contributed by atoms with E-state index in [1.807, 2.05) is 6.92 Å². The summed E-state index contributed by atoms with van der Waals surface area (Å²) in [4.78, 5) is 10.5. The highest BCUT2D eigenvalue weighted by molar-refractivity contribution is 5.66. The minimum absolute atomic E-state index is 0.125. The van der Waals surface area contributed by atoms with Gasteiger partial charge in [0.15, 0.2) is 0 Å². The SMILES string of the molecule is CCCCOCC(C)OC(C)=O.OCCO. The summed E-state index contributed by atoms with van der Waals surface area (Å²) in [6, 6.07) is 0. The van der Waals surface area contributed by atoms with Crippen molar-refractivity contribution in [2.45, 2.75) is 39.7 Å². The van der Waals surface area contributed by atoms with Gasteiger partial charge in [0, 0.05) is 13.5 Å². The first-order valence-corrected chi connectivity index (χ1v) is 5.55. The van der Waals surface area contributed by atoms with Crippen molar-refractivity contribution in [2.75, 3.05) is 26.4 Å². The molecule has 0 aromatic rings. The molecule has 0 heterocycles. The van der Waals surface area contributed by atoms with Crippen LogP contribution in [0.5, 0.6) is 0 Å². The van der Waals surface area contributed by atoms with E-state index in [0.29, 0.717) is 6.61 Å². The van der Waals surface area contributed by atoms with Crippen LogP contribution in [-0.4, -0.2) is 48.7 Å². The van der Waals surface area contributed by atoms with Gasteiger partial charge in [-0.05, 0) is 13.3 Å². The summed E-state index contributed by atoms with van der Waals surface area (Å²) in [6.45, 7) is 6.34. The molecule has 1 atom stereocenters. The van der Waals surface area contributed by atoms with Gasteiger partial charge in [-0.15, -0.1) is 0 Å². The van der Waals surface area contributed by atoms with Crippen molar-refractivity contribution >= 4 is 5.97 Å². The van der Waals surface area contributed by atoms with E-state index >= 15 is 0 Å². The number of aliphatic hydroxyl groups is 2. The summed E-state index contributed by atoms with van der Waals surface area (Å²) < 4.78 is 10.1. The zero-order chi connectivity index (χ0) is 12.8. The van der Waals surface area contributed by atoms with E-state index in [4.69, 9.17) is 19.7 Å². The first-order valence-electron chi connectivity index (χ1n) is 5.55. The Morgan fingerprint density at radius 3 is 2.25 bits per heavy atom. The molecule has 0 aromatic heterocycles. The van der Waals surface area contributed by atoms with E-state index in [-0.39, 0.29) is 25.3 Å². The highest BCUT2D eigenvalue weighted by Gasteiger charge is 2.03. The smallest absolute Gasteiger partial charge is 0.302 e. The van der Waals surface area contributed by atoms with Crippen molar-refractivity contribution in [3.8, 4) is 0 Å². The van der Waals surface area contributed by atoms with E-state index in [1.165, 1.54) is 6.92 Å². The summed E-state index contributed by atoms with van der Waals surface area (Å²) >= 11 is 0. The number of unbranched alkanes of at least 4 members (excludes halogenated alkanes) is 1. The quantitative estimate of drug-likeness (QED) is 0.503. The fourth-order valence-corrected chi connectivity index (χ4v) is 0.813. The van der Waals surface area contributed by atoms with Gasteiger partial charge in [0.05, 0.1) is 19.8 Å². The maximum atomic E-state index is 10.5. The molecular weight excluding hydrogens is 212 g/mol. The summed E-state index contributed by atoms with van der Waals surface area (Å²) in [5.41, 5.74) is 0. The van der Waals surface area contributed by atoms with Crippen LogP contribution in [0.25, 0.3) is 0 Å². The molecule has 0 amide bonds. The van der Waals surface area contributed by atoms with Crippen LogP contribution < -0.4 is 0 Å². The maximum absolute atomic E-state index is 10.5. The number of carbonyl (C=O) groups excluding carboxylic acids is 1. The Morgan fingerprint density at radius 1 is 1.31 bits per heavy atom. The van der Waals surface area contributed by atoms with E-state index in [2.05, 4.69) is 6.92 Å². The van der Waals surface area contributed by atoms with Gasteiger partial charge < -0.3 is 19.7 Å².